The highest BCUT2D eigenvalue weighted by Gasteiger charge is 2.18. The highest BCUT2D eigenvalue weighted by molar-refractivity contribution is 5.92. The van der Waals surface area contributed by atoms with Crippen molar-refractivity contribution >= 4 is 33.7 Å². The molecular formula is C28H34N6O6. The molecule has 40 heavy (non-hydrogen) atoms. The van der Waals surface area contributed by atoms with Crippen LogP contribution in [0.3, 0.4) is 0 Å². The number of aromatic nitrogens is 4. The minimum Gasteiger partial charge on any atom is -0.497 e. The summed E-state index contributed by atoms with van der Waals surface area (Å²) in [5.74, 6) is -0.0999. The van der Waals surface area contributed by atoms with Crippen molar-refractivity contribution in [2.45, 2.75) is 39.1 Å². The Kier molecular flexibility index (Phi) is 9.02. The number of nitrogens with two attached hydrogens (primary N) is 2. The maximum atomic E-state index is 12.5. The molecule has 0 spiro atoms. The van der Waals surface area contributed by atoms with E-state index in [0.29, 0.717) is 11.5 Å². The van der Waals surface area contributed by atoms with Crippen LogP contribution in [-0.4, -0.2) is 71.0 Å². The third kappa shape index (κ3) is 6.41. The van der Waals surface area contributed by atoms with Gasteiger partial charge in [0.05, 0.1) is 49.7 Å². The third-order valence-electron chi connectivity index (χ3n) is 6.49. The van der Waals surface area contributed by atoms with Gasteiger partial charge < -0.3 is 30.4 Å². The van der Waals surface area contributed by atoms with E-state index in [-0.39, 0.29) is 26.2 Å². The van der Waals surface area contributed by atoms with Crippen molar-refractivity contribution in [1.82, 2.24) is 19.6 Å². The maximum absolute atomic E-state index is 12.5. The Labute approximate surface area is 231 Å². The van der Waals surface area contributed by atoms with E-state index < -0.39 is 24.1 Å². The molecule has 212 valence electrons. The monoisotopic (exact) mass is 550 g/mol. The topological polar surface area (TPSA) is 159 Å². The SMILES string of the molecule is COc1ccc2c(C)nn(CC(CN)OC(=O)/C=C/C(=O)OC(CN)Cn3nc(C)c4ccc(OC)cc43)c2c1. The summed E-state index contributed by atoms with van der Waals surface area (Å²) in [7, 11) is 3.17. The normalized spacial score (nSPS) is 13.1. The number of benzene rings is 2. The van der Waals surface area contributed by atoms with Gasteiger partial charge in [0.2, 0.25) is 0 Å². The number of carbonyl (C=O) groups excluding carboxylic acids is 2. The maximum Gasteiger partial charge on any atom is 0.331 e. The van der Waals surface area contributed by atoms with E-state index in [0.717, 1.165) is 45.3 Å². The van der Waals surface area contributed by atoms with Crippen molar-refractivity contribution < 1.29 is 28.5 Å². The fraction of sp³-hybridized carbons (Fsp3) is 0.357. The summed E-state index contributed by atoms with van der Waals surface area (Å²) in [5, 5.41) is 11.0. The quantitative estimate of drug-likeness (QED) is 0.197. The van der Waals surface area contributed by atoms with Crippen molar-refractivity contribution in [3.63, 3.8) is 0 Å². The highest BCUT2D eigenvalue weighted by Crippen LogP contribution is 2.25. The summed E-state index contributed by atoms with van der Waals surface area (Å²) in [4.78, 5) is 24.9. The van der Waals surface area contributed by atoms with Gasteiger partial charge in [-0.05, 0) is 38.1 Å². The van der Waals surface area contributed by atoms with E-state index >= 15 is 0 Å². The zero-order valence-electron chi connectivity index (χ0n) is 23.0. The second-order valence-electron chi connectivity index (χ2n) is 9.22. The molecule has 2 unspecified atom stereocenters. The van der Waals surface area contributed by atoms with Crippen LogP contribution in [0.15, 0.2) is 48.6 Å². The molecule has 4 aromatic rings. The number of fused-ring (bicyclic) bond motifs is 2. The van der Waals surface area contributed by atoms with Crippen LogP contribution in [0.2, 0.25) is 0 Å². The van der Waals surface area contributed by atoms with E-state index in [1.165, 1.54) is 0 Å². The highest BCUT2D eigenvalue weighted by atomic mass is 16.6. The molecule has 4 rings (SSSR count). The summed E-state index contributed by atoms with van der Waals surface area (Å²) < 4.78 is 25.0. The molecule has 0 saturated carbocycles. The molecule has 2 atom stereocenters. The van der Waals surface area contributed by atoms with Crippen LogP contribution in [-0.2, 0) is 32.2 Å². The predicted octanol–water partition coefficient (Wildman–Crippen LogP) is 2.02. The van der Waals surface area contributed by atoms with Gasteiger partial charge in [-0.2, -0.15) is 10.2 Å². The Morgan fingerprint density at radius 1 is 0.775 bits per heavy atom. The molecule has 0 bridgehead atoms. The molecule has 2 aromatic carbocycles. The molecule has 0 saturated heterocycles. The first-order valence-corrected chi connectivity index (χ1v) is 12.8. The molecule has 0 fully saturated rings. The Bertz CT molecular complexity index is 1430. The molecule has 0 aliphatic heterocycles. The Morgan fingerprint density at radius 2 is 1.18 bits per heavy atom. The van der Waals surface area contributed by atoms with E-state index in [9.17, 15) is 9.59 Å². The van der Waals surface area contributed by atoms with E-state index in [4.69, 9.17) is 30.4 Å². The number of aryl methyl sites for hydroxylation is 2. The summed E-state index contributed by atoms with van der Waals surface area (Å²) >= 11 is 0. The summed E-state index contributed by atoms with van der Waals surface area (Å²) in [5.41, 5.74) is 15.0. The van der Waals surface area contributed by atoms with E-state index in [2.05, 4.69) is 10.2 Å². The number of esters is 2. The van der Waals surface area contributed by atoms with Crippen LogP contribution < -0.4 is 20.9 Å². The number of hydrogen-bond acceptors (Lipinski definition) is 10. The van der Waals surface area contributed by atoms with Gasteiger partial charge >= 0.3 is 11.9 Å². The van der Waals surface area contributed by atoms with Crippen molar-refractivity contribution in [3.8, 4) is 11.5 Å². The average molecular weight is 551 g/mol. The lowest BCUT2D eigenvalue weighted by atomic mass is 10.2. The van der Waals surface area contributed by atoms with E-state index in [1.54, 1.807) is 23.6 Å². The standard InChI is InChI=1S/C28H34N6O6/c1-17-23-7-5-19(37-3)11-25(23)33(31-17)15-21(13-29)39-27(35)9-10-28(36)40-22(14-30)16-34-26-12-20(38-4)6-8-24(26)18(2)32-34/h5-12,21-22H,13-16,29-30H2,1-4H3/b10-9+. The molecule has 0 aliphatic rings. The lowest BCUT2D eigenvalue weighted by Gasteiger charge is -2.16. The van der Waals surface area contributed by atoms with Crippen LogP contribution in [0.25, 0.3) is 21.8 Å². The van der Waals surface area contributed by atoms with Crippen LogP contribution >= 0.6 is 0 Å². The minimum absolute atomic E-state index is 0.0612. The summed E-state index contributed by atoms with van der Waals surface area (Å²) in [6.45, 7) is 4.37. The first-order chi connectivity index (χ1) is 19.3. The van der Waals surface area contributed by atoms with E-state index in [1.807, 2.05) is 50.2 Å². The number of hydrogen-bond donors (Lipinski definition) is 2. The molecule has 12 heteroatoms. The fourth-order valence-corrected chi connectivity index (χ4v) is 4.42. The van der Waals surface area contributed by atoms with Crippen molar-refractivity contribution in [2.24, 2.45) is 11.5 Å². The summed E-state index contributed by atoms with van der Waals surface area (Å²) in [6, 6.07) is 11.3. The molecule has 0 amide bonds. The number of ether oxygens (including phenoxy) is 4. The van der Waals surface area contributed by atoms with Gasteiger partial charge in [0.1, 0.15) is 23.7 Å². The predicted molar refractivity (Wildman–Crippen MR) is 149 cm³/mol. The smallest absolute Gasteiger partial charge is 0.331 e. The first kappa shape index (κ1) is 28.6. The van der Waals surface area contributed by atoms with Crippen LogP contribution in [0.4, 0.5) is 0 Å². The van der Waals surface area contributed by atoms with Gasteiger partial charge in [-0.3, -0.25) is 9.36 Å². The molecule has 2 aromatic heterocycles. The second-order valence-corrected chi connectivity index (χ2v) is 9.22. The minimum atomic E-state index is -0.733. The molecule has 0 aliphatic carbocycles. The number of rotatable bonds is 12. The number of nitrogens with zero attached hydrogens (tertiary/aromatic N) is 4. The van der Waals surface area contributed by atoms with Crippen molar-refractivity contribution in [2.75, 3.05) is 27.3 Å². The molecule has 4 N–H and O–H groups in total. The molecular weight excluding hydrogens is 516 g/mol. The number of methoxy groups -OCH3 is 2. The van der Waals surface area contributed by atoms with Crippen molar-refractivity contribution in [3.05, 3.63) is 59.9 Å². The van der Waals surface area contributed by atoms with Crippen LogP contribution in [0.1, 0.15) is 11.4 Å². The zero-order chi connectivity index (χ0) is 28.8. The average Bonchev–Trinajstić information content (AvgIpc) is 3.45. The van der Waals surface area contributed by atoms with Gasteiger partial charge in [-0.1, -0.05) is 0 Å². The van der Waals surface area contributed by atoms with Crippen LogP contribution in [0.5, 0.6) is 11.5 Å². The van der Waals surface area contributed by atoms with Crippen LogP contribution in [0, 0.1) is 13.8 Å². The number of carbonyl (C=O) groups is 2. The van der Waals surface area contributed by atoms with Crippen molar-refractivity contribution in [1.29, 1.82) is 0 Å². The largest absolute Gasteiger partial charge is 0.497 e. The Morgan fingerprint density at radius 3 is 1.52 bits per heavy atom. The molecule has 0 radical (unpaired) electrons. The summed E-state index contributed by atoms with van der Waals surface area (Å²) in [6.07, 6.45) is 0.664. The first-order valence-electron chi connectivity index (χ1n) is 12.8. The Hall–Kier alpha value is -4.42. The molecule has 2 heterocycles. The fourth-order valence-electron chi connectivity index (χ4n) is 4.42. The third-order valence-corrected chi connectivity index (χ3v) is 6.49. The second kappa shape index (κ2) is 12.6. The van der Waals surface area contributed by atoms with Gasteiger partial charge in [-0.15, -0.1) is 0 Å². The zero-order valence-corrected chi connectivity index (χ0v) is 23.0. The van der Waals surface area contributed by atoms with Gasteiger partial charge in [0.25, 0.3) is 0 Å². The Balaban J connectivity index is 1.36. The lowest BCUT2D eigenvalue weighted by molar-refractivity contribution is -0.146. The van der Waals surface area contributed by atoms with Gasteiger partial charge in [0, 0.05) is 48.1 Å². The molecule has 12 nitrogen and oxygen atoms in total. The lowest BCUT2D eigenvalue weighted by Crippen LogP contribution is -2.31. The van der Waals surface area contributed by atoms with Gasteiger partial charge in [0.15, 0.2) is 0 Å². The van der Waals surface area contributed by atoms with Gasteiger partial charge in [-0.25, -0.2) is 9.59 Å².